The first-order chi connectivity index (χ1) is 14.5. The number of nitrogens with zero attached hydrogens (tertiary/aromatic N) is 4. The summed E-state index contributed by atoms with van der Waals surface area (Å²) in [4.78, 5) is 23.2. The standard InChI is InChI=1S/C21H20ClN5O3/c22-15-8-11-18(27(29)30)17(13-15)21(28)23-16-9-6-14(7-10-16)20-25-24-19-5-3-1-2-4-12-26(19)20/h6-11,13H,1-5,12H2,(H,23,28). The summed E-state index contributed by atoms with van der Waals surface area (Å²) in [6, 6.07) is 11.1. The monoisotopic (exact) mass is 425 g/mol. The van der Waals surface area contributed by atoms with Crippen LogP contribution < -0.4 is 5.32 Å². The third-order valence-electron chi connectivity index (χ3n) is 5.16. The van der Waals surface area contributed by atoms with Crippen LogP contribution in [0.1, 0.15) is 41.9 Å². The topological polar surface area (TPSA) is 103 Å². The van der Waals surface area contributed by atoms with Gasteiger partial charge in [0.05, 0.1) is 4.92 Å². The number of nitrogens with one attached hydrogen (secondary N) is 1. The van der Waals surface area contributed by atoms with Crippen molar-refractivity contribution < 1.29 is 9.72 Å². The van der Waals surface area contributed by atoms with Gasteiger partial charge in [-0.2, -0.15) is 0 Å². The average Bonchev–Trinajstić information content (AvgIpc) is 3.09. The van der Waals surface area contributed by atoms with Crippen LogP contribution in [-0.4, -0.2) is 25.6 Å². The maximum atomic E-state index is 12.6. The highest BCUT2D eigenvalue weighted by atomic mass is 35.5. The molecule has 3 aromatic rings. The molecule has 0 bridgehead atoms. The van der Waals surface area contributed by atoms with Crippen molar-refractivity contribution in [3.05, 3.63) is 69.0 Å². The fourth-order valence-corrected chi connectivity index (χ4v) is 3.80. The van der Waals surface area contributed by atoms with Crippen molar-refractivity contribution in [3.63, 3.8) is 0 Å². The number of rotatable bonds is 4. The lowest BCUT2D eigenvalue weighted by Crippen LogP contribution is -2.14. The summed E-state index contributed by atoms with van der Waals surface area (Å²) in [6.45, 7) is 0.897. The van der Waals surface area contributed by atoms with Gasteiger partial charge in [-0.1, -0.05) is 24.4 Å². The molecule has 0 radical (unpaired) electrons. The van der Waals surface area contributed by atoms with Crippen molar-refractivity contribution in [2.75, 3.05) is 5.32 Å². The number of carbonyl (C=O) groups excluding carboxylic acids is 1. The van der Waals surface area contributed by atoms with E-state index < -0.39 is 10.8 Å². The van der Waals surface area contributed by atoms with Gasteiger partial charge in [0.1, 0.15) is 11.4 Å². The molecule has 2 aromatic carbocycles. The van der Waals surface area contributed by atoms with E-state index in [2.05, 4.69) is 20.1 Å². The molecule has 0 aliphatic carbocycles. The molecule has 8 nitrogen and oxygen atoms in total. The van der Waals surface area contributed by atoms with E-state index in [0.717, 1.165) is 43.0 Å². The predicted octanol–water partition coefficient (Wildman–Crippen LogP) is 4.88. The lowest BCUT2D eigenvalue weighted by Gasteiger charge is -2.13. The van der Waals surface area contributed by atoms with Gasteiger partial charge in [-0.05, 0) is 49.2 Å². The molecule has 0 spiro atoms. The summed E-state index contributed by atoms with van der Waals surface area (Å²) in [5.41, 5.74) is 1.04. The van der Waals surface area contributed by atoms with Crippen LogP contribution in [0.25, 0.3) is 11.4 Å². The molecule has 2 heterocycles. The zero-order chi connectivity index (χ0) is 21.1. The van der Waals surface area contributed by atoms with E-state index in [1.54, 1.807) is 12.1 Å². The summed E-state index contributed by atoms with van der Waals surface area (Å²) < 4.78 is 2.17. The summed E-state index contributed by atoms with van der Waals surface area (Å²) in [5, 5.41) is 22.9. The van der Waals surface area contributed by atoms with Crippen molar-refractivity contribution in [2.24, 2.45) is 0 Å². The van der Waals surface area contributed by atoms with Crippen LogP contribution in [0.5, 0.6) is 0 Å². The van der Waals surface area contributed by atoms with E-state index in [9.17, 15) is 14.9 Å². The minimum atomic E-state index is -0.604. The van der Waals surface area contributed by atoms with E-state index in [-0.39, 0.29) is 16.3 Å². The Labute approximate surface area is 178 Å². The van der Waals surface area contributed by atoms with Crippen LogP contribution in [0, 0.1) is 10.1 Å². The summed E-state index contributed by atoms with van der Waals surface area (Å²) in [5.74, 6) is 1.23. The van der Waals surface area contributed by atoms with E-state index in [4.69, 9.17) is 11.6 Å². The minimum absolute atomic E-state index is 0.0876. The Balaban J connectivity index is 1.55. The third kappa shape index (κ3) is 4.18. The number of hydrogen-bond donors (Lipinski definition) is 1. The number of halogens is 1. The lowest BCUT2D eigenvalue weighted by atomic mass is 10.1. The molecule has 0 saturated carbocycles. The third-order valence-corrected chi connectivity index (χ3v) is 5.40. The molecule has 4 rings (SSSR count). The Hall–Kier alpha value is -3.26. The number of benzene rings is 2. The number of hydrogen-bond acceptors (Lipinski definition) is 5. The molecule has 1 aliphatic rings. The van der Waals surface area contributed by atoms with Crippen molar-refractivity contribution in [3.8, 4) is 11.4 Å². The van der Waals surface area contributed by atoms with Gasteiger partial charge in [-0.25, -0.2) is 0 Å². The van der Waals surface area contributed by atoms with Crippen molar-refractivity contribution in [1.82, 2.24) is 14.8 Å². The molecular formula is C21H20ClN5O3. The highest BCUT2D eigenvalue weighted by molar-refractivity contribution is 6.31. The van der Waals surface area contributed by atoms with Gasteiger partial charge >= 0.3 is 0 Å². The largest absolute Gasteiger partial charge is 0.322 e. The van der Waals surface area contributed by atoms with E-state index in [1.165, 1.54) is 31.0 Å². The summed E-state index contributed by atoms with van der Waals surface area (Å²) >= 11 is 5.91. The second kappa shape index (κ2) is 8.62. The normalized spacial score (nSPS) is 13.8. The molecule has 1 aromatic heterocycles. The minimum Gasteiger partial charge on any atom is -0.322 e. The molecule has 0 atom stereocenters. The first-order valence-electron chi connectivity index (χ1n) is 9.81. The smallest absolute Gasteiger partial charge is 0.282 e. The van der Waals surface area contributed by atoms with E-state index >= 15 is 0 Å². The Morgan fingerprint density at radius 3 is 2.60 bits per heavy atom. The van der Waals surface area contributed by atoms with Crippen LogP contribution in [0.4, 0.5) is 11.4 Å². The predicted molar refractivity (Wildman–Crippen MR) is 114 cm³/mol. The average molecular weight is 426 g/mol. The fourth-order valence-electron chi connectivity index (χ4n) is 3.63. The Morgan fingerprint density at radius 1 is 1.07 bits per heavy atom. The van der Waals surface area contributed by atoms with E-state index in [1.807, 2.05) is 12.1 Å². The molecule has 0 fully saturated rings. The molecular weight excluding hydrogens is 406 g/mol. The molecule has 1 N–H and O–H groups in total. The zero-order valence-electron chi connectivity index (χ0n) is 16.2. The van der Waals surface area contributed by atoms with Crippen molar-refractivity contribution >= 4 is 28.9 Å². The maximum Gasteiger partial charge on any atom is 0.282 e. The first-order valence-corrected chi connectivity index (χ1v) is 10.2. The zero-order valence-corrected chi connectivity index (χ0v) is 16.9. The van der Waals surface area contributed by atoms with Crippen molar-refractivity contribution in [1.29, 1.82) is 0 Å². The summed E-state index contributed by atoms with van der Waals surface area (Å²) in [7, 11) is 0. The molecule has 0 saturated heterocycles. The SMILES string of the molecule is O=C(Nc1ccc(-c2nnc3n2CCCCCC3)cc1)c1cc(Cl)ccc1[N+](=O)[O-]. The highest BCUT2D eigenvalue weighted by Gasteiger charge is 2.21. The number of amides is 1. The molecule has 30 heavy (non-hydrogen) atoms. The van der Waals surface area contributed by atoms with Gasteiger partial charge < -0.3 is 9.88 Å². The Bertz CT molecular complexity index is 1090. The number of fused-ring (bicyclic) bond motifs is 1. The number of nitro groups is 1. The molecule has 1 amide bonds. The number of aryl methyl sites for hydroxylation is 1. The van der Waals surface area contributed by atoms with Crippen LogP contribution in [0.2, 0.25) is 5.02 Å². The van der Waals surface area contributed by atoms with Gasteiger partial charge in [-0.15, -0.1) is 10.2 Å². The van der Waals surface area contributed by atoms with Crippen LogP contribution in [-0.2, 0) is 13.0 Å². The fraction of sp³-hybridized carbons (Fsp3) is 0.286. The molecule has 0 unspecified atom stereocenters. The van der Waals surface area contributed by atoms with E-state index in [0.29, 0.717) is 5.69 Å². The quantitative estimate of drug-likeness (QED) is 0.474. The van der Waals surface area contributed by atoms with Gasteiger partial charge in [0, 0.05) is 35.3 Å². The van der Waals surface area contributed by atoms with Crippen molar-refractivity contribution in [2.45, 2.75) is 38.6 Å². The van der Waals surface area contributed by atoms with Crippen LogP contribution in [0.3, 0.4) is 0 Å². The van der Waals surface area contributed by atoms with Gasteiger partial charge in [0.2, 0.25) is 0 Å². The van der Waals surface area contributed by atoms with Crippen LogP contribution in [0.15, 0.2) is 42.5 Å². The van der Waals surface area contributed by atoms with Gasteiger partial charge in [0.25, 0.3) is 11.6 Å². The summed E-state index contributed by atoms with van der Waals surface area (Å²) in [6.07, 6.45) is 5.59. The second-order valence-corrected chi connectivity index (χ2v) is 7.64. The number of carbonyl (C=O) groups is 1. The molecule has 9 heteroatoms. The lowest BCUT2D eigenvalue weighted by molar-refractivity contribution is -0.385. The van der Waals surface area contributed by atoms with Crippen LogP contribution >= 0.6 is 11.6 Å². The molecule has 1 aliphatic heterocycles. The number of nitro benzene ring substituents is 1. The Morgan fingerprint density at radius 2 is 1.83 bits per heavy atom. The van der Waals surface area contributed by atoms with Gasteiger partial charge in [-0.3, -0.25) is 14.9 Å². The number of anilines is 1. The Kier molecular flexibility index (Phi) is 5.76. The highest BCUT2D eigenvalue weighted by Crippen LogP contribution is 2.26. The second-order valence-electron chi connectivity index (χ2n) is 7.21. The number of aromatic nitrogens is 3. The maximum absolute atomic E-state index is 12.6. The first kappa shape index (κ1) is 20.0. The van der Waals surface area contributed by atoms with Gasteiger partial charge in [0.15, 0.2) is 5.82 Å². The molecule has 154 valence electrons.